The van der Waals surface area contributed by atoms with Crippen molar-refractivity contribution in [2.75, 3.05) is 0 Å². The molecule has 1 aliphatic carbocycles. The fourth-order valence-corrected chi connectivity index (χ4v) is 2.90. The normalized spacial score (nSPS) is 23.4. The first-order valence-corrected chi connectivity index (χ1v) is 6.38. The van der Waals surface area contributed by atoms with Crippen LogP contribution >= 0.6 is 0 Å². The van der Waals surface area contributed by atoms with Crippen LogP contribution in [0.3, 0.4) is 0 Å². The highest BCUT2D eigenvalue weighted by Crippen LogP contribution is 2.38. The molecule has 2 aromatic rings. The van der Waals surface area contributed by atoms with Gasteiger partial charge in [0.2, 0.25) is 0 Å². The zero-order chi connectivity index (χ0) is 12.6. The molecule has 4 heteroatoms. The Morgan fingerprint density at radius 2 is 2.11 bits per heavy atom. The maximum Gasteiger partial charge on any atom is 0.133 e. The highest BCUT2D eigenvalue weighted by molar-refractivity contribution is 5.39. The molecule has 0 spiro atoms. The van der Waals surface area contributed by atoms with Crippen LogP contribution in [-0.2, 0) is 19.1 Å². The number of hydrogen-bond donors (Lipinski definition) is 1. The summed E-state index contributed by atoms with van der Waals surface area (Å²) in [5.41, 5.74) is 2.06. The summed E-state index contributed by atoms with van der Waals surface area (Å²) in [4.78, 5) is 0. The molecular weight excluding hydrogens is 226 g/mol. The average Bonchev–Trinajstić information content (AvgIpc) is 2.74. The fourth-order valence-electron chi connectivity index (χ4n) is 2.90. The first-order valence-electron chi connectivity index (χ1n) is 6.38. The Balaban J connectivity index is 2.19. The van der Waals surface area contributed by atoms with Crippen molar-refractivity contribution < 1.29 is 5.11 Å². The van der Waals surface area contributed by atoms with Crippen LogP contribution < -0.4 is 0 Å². The molecule has 0 bridgehead atoms. The number of aryl methyl sites for hydroxylation is 2. The van der Waals surface area contributed by atoms with Crippen LogP contribution in [0.4, 0.5) is 0 Å². The van der Waals surface area contributed by atoms with Gasteiger partial charge in [0, 0.05) is 7.05 Å². The summed E-state index contributed by atoms with van der Waals surface area (Å²) in [5.74, 6) is 0. The lowest BCUT2D eigenvalue weighted by Gasteiger charge is -2.28. The van der Waals surface area contributed by atoms with Gasteiger partial charge in [-0.15, -0.1) is 5.10 Å². The molecule has 4 nitrogen and oxygen atoms in total. The van der Waals surface area contributed by atoms with E-state index in [-0.39, 0.29) is 0 Å². The topological polar surface area (TPSA) is 50.9 Å². The molecule has 0 saturated heterocycles. The average molecular weight is 243 g/mol. The number of aliphatic hydroxyl groups is 1. The highest BCUT2D eigenvalue weighted by atomic mass is 16.3. The molecule has 1 aliphatic rings. The van der Waals surface area contributed by atoms with Gasteiger partial charge in [0.1, 0.15) is 5.60 Å². The third-order valence-corrected chi connectivity index (χ3v) is 3.84. The SMILES string of the molecule is Cn1nncc1C1(O)CCCCc2ccccc21. The predicted octanol–water partition coefficient (Wildman–Crippen LogP) is 1.78. The lowest BCUT2D eigenvalue weighted by Crippen LogP contribution is -2.30. The summed E-state index contributed by atoms with van der Waals surface area (Å²) in [6, 6.07) is 8.15. The minimum Gasteiger partial charge on any atom is -0.379 e. The van der Waals surface area contributed by atoms with Crippen LogP contribution in [0, 0.1) is 0 Å². The first-order chi connectivity index (χ1) is 8.72. The van der Waals surface area contributed by atoms with E-state index >= 15 is 0 Å². The van der Waals surface area contributed by atoms with Gasteiger partial charge in [-0.25, -0.2) is 4.68 Å². The summed E-state index contributed by atoms with van der Waals surface area (Å²) < 4.78 is 1.67. The number of aromatic nitrogens is 3. The Hall–Kier alpha value is -1.68. The molecule has 1 aromatic carbocycles. The van der Waals surface area contributed by atoms with Crippen LogP contribution in [0.15, 0.2) is 30.5 Å². The minimum atomic E-state index is -0.953. The van der Waals surface area contributed by atoms with Crippen LogP contribution in [0.2, 0.25) is 0 Å². The monoisotopic (exact) mass is 243 g/mol. The summed E-state index contributed by atoms with van der Waals surface area (Å²) in [5, 5.41) is 19.0. The van der Waals surface area contributed by atoms with E-state index in [1.165, 1.54) is 5.56 Å². The van der Waals surface area contributed by atoms with E-state index in [0.717, 1.165) is 36.9 Å². The number of fused-ring (bicyclic) bond motifs is 1. The Kier molecular flexibility index (Phi) is 2.67. The van der Waals surface area contributed by atoms with Gasteiger partial charge in [-0.1, -0.05) is 29.5 Å². The Morgan fingerprint density at radius 1 is 1.28 bits per heavy atom. The zero-order valence-electron chi connectivity index (χ0n) is 10.5. The molecule has 1 heterocycles. The van der Waals surface area contributed by atoms with Gasteiger partial charge in [-0.05, 0) is 36.8 Å². The molecule has 1 atom stereocenters. The fraction of sp³-hybridized carbons (Fsp3) is 0.429. The van der Waals surface area contributed by atoms with E-state index in [1.54, 1.807) is 10.9 Å². The van der Waals surface area contributed by atoms with Gasteiger partial charge in [-0.2, -0.15) is 0 Å². The Labute approximate surface area is 106 Å². The number of benzene rings is 1. The number of nitrogens with zero attached hydrogens (tertiary/aromatic N) is 3. The van der Waals surface area contributed by atoms with Crippen molar-refractivity contribution in [2.24, 2.45) is 7.05 Å². The lowest BCUT2D eigenvalue weighted by molar-refractivity contribution is 0.0618. The molecule has 0 radical (unpaired) electrons. The van der Waals surface area contributed by atoms with Crippen molar-refractivity contribution in [1.29, 1.82) is 0 Å². The quantitative estimate of drug-likeness (QED) is 0.777. The van der Waals surface area contributed by atoms with Crippen molar-refractivity contribution in [2.45, 2.75) is 31.3 Å². The summed E-state index contributed by atoms with van der Waals surface area (Å²) in [6.07, 6.45) is 5.55. The van der Waals surface area contributed by atoms with Crippen LogP contribution in [0.25, 0.3) is 0 Å². The van der Waals surface area contributed by atoms with Gasteiger partial charge in [-0.3, -0.25) is 0 Å². The summed E-state index contributed by atoms with van der Waals surface area (Å²) in [6.45, 7) is 0. The van der Waals surface area contributed by atoms with Crippen molar-refractivity contribution in [1.82, 2.24) is 15.0 Å². The Bertz CT molecular complexity index is 564. The number of hydrogen-bond acceptors (Lipinski definition) is 3. The lowest BCUT2D eigenvalue weighted by atomic mass is 9.85. The van der Waals surface area contributed by atoms with E-state index in [4.69, 9.17) is 0 Å². The summed E-state index contributed by atoms with van der Waals surface area (Å²) in [7, 11) is 1.83. The number of rotatable bonds is 1. The van der Waals surface area contributed by atoms with E-state index in [2.05, 4.69) is 16.4 Å². The molecule has 1 aromatic heterocycles. The van der Waals surface area contributed by atoms with E-state index < -0.39 is 5.60 Å². The van der Waals surface area contributed by atoms with Crippen LogP contribution in [0.5, 0.6) is 0 Å². The summed E-state index contributed by atoms with van der Waals surface area (Å²) >= 11 is 0. The van der Waals surface area contributed by atoms with E-state index in [9.17, 15) is 5.11 Å². The predicted molar refractivity (Wildman–Crippen MR) is 68.0 cm³/mol. The molecule has 18 heavy (non-hydrogen) atoms. The van der Waals surface area contributed by atoms with Gasteiger partial charge in [0.15, 0.2) is 0 Å². The second-order valence-electron chi connectivity index (χ2n) is 4.97. The second-order valence-corrected chi connectivity index (χ2v) is 4.97. The smallest absolute Gasteiger partial charge is 0.133 e. The molecule has 0 fully saturated rings. The molecule has 0 amide bonds. The van der Waals surface area contributed by atoms with Crippen molar-refractivity contribution in [3.63, 3.8) is 0 Å². The molecule has 1 unspecified atom stereocenters. The molecule has 1 N–H and O–H groups in total. The molecule has 0 saturated carbocycles. The minimum absolute atomic E-state index is 0.727. The standard InChI is InChI=1S/C14H17N3O/c1-17-13(10-15-16-17)14(18)9-5-4-7-11-6-2-3-8-12(11)14/h2-3,6,8,10,18H,4-5,7,9H2,1H3. The molecular formula is C14H17N3O. The maximum atomic E-state index is 11.1. The zero-order valence-corrected chi connectivity index (χ0v) is 10.5. The first kappa shape index (κ1) is 11.4. The molecule has 0 aliphatic heterocycles. The van der Waals surface area contributed by atoms with Crippen molar-refractivity contribution >= 4 is 0 Å². The third-order valence-electron chi connectivity index (χ3n) is 3.84. The highest BCUT2D eigenvalue weighted by Gasteiger charge is 2.37. The molecule has 3 rings (SSSR count). The van der Waals surface area contributed by atoms with Gasteiger partial charge in [0.05, 0.1) is 11.9 Å². The van der Waals surface area contributed by atoms with E-state index in [0.29, 0.717) is 0 Å². The van der Waals surface area contributed by atoms with E-state index in [1.807, 2.05) is 25.2 Å². The van der Waals surface area contributed by atoms with Gasteiger partial charge < -0.3 is 5.11 Å². The van der Waals surface area contributed by atoms with Crippen LogP contribution in [-0.4, -0.2) is 20.1 Å². The molecule has 94 valence electrons. The Morgan fingerprint density at radius 3 is 2.89 bits per heavy atom. The second kappa shape index (κ2) is 4.21. The van der Waals surface area contributed by atoms with Crippen molar-refractivity contribution in [3.05, 3.63) is 47.3 Å². The van der Waals surface area contributed by atoms with Crippen LogP contribution in [0.1, 0.15) is 36.1 Å². The van der Waals surface area contributed by atoms with Gasteiger partial charge >= 0.3 is 0 Å². The maximum absolute atomic E-state index is 11.1. The van der Waals surface area contributed by atoms with Crippen molar-refractivity contribution in [3.8, 4) is 0 Å². The van der Waals surface area contributed by atoms with Gasteiger partial charge in [0.25, 0.3) is 0 Å². The largest absolute Gasteiger partial charge is 0.379 e. The third kappa shape index (κ3) is 1.64.